The molecule has 0 aliphatic rings. The summed E-state index contributed by atoms with van der Waals surface area (Å²) in [4.78, 5) is 15.9. The van der Waals surface area contributed by atoms with Crippen molar-refractivity contribution >= 4 is 33.6 Å². The van der Waals surface area contributed by atoms with Crippen LogP contribution in [0.25, 0.3) is 27.8 Å². The maximum atomic E-state index is 11.3. The van der Waals surface area contributed by atoms with E-state index in [-0.39, 0.29) is 0 Å². The fraction of sp³-hybridized carbons (Fsp3) is 0.0870. The molecule has 0 spiro atoms. The van der Waals surface area contributed by atoms with Gasteiger partial charge in [0.1, 0.15) is 22.2 Å². The van der Waals surface area contributed by atoms with E-state index in [9.17, 15) is 10.1 Å². The number of hydrogen-bond donors (Lipinski definition) is 1. The molecular formula is C23H17N3O4S. The Morgan fingerprint density at radius 3 is 2.74 bits per heavy atom. The molecule has 0 unspecified atom stereocenters. The van der Waals surface area contributed by atoms with Gasteiger partial charge in [0.05, 0.1) is 19.9 Å². The smallest absolute Gasteiger partial charge is 0.336 e. The number of nitriles is 1. The molecule has 31 heavy (non-hydrogen) atoms. The molecule has 0 radical (unpaired) electrons. The summed E-state index contributed by atoms with van der Waals surface area (Å²) in [7, 11) is 3.16. The lowest BCUT2D eigenvalue weighted by Gasteiger charge is -2.08. The minimum Gasteiger partial charge on any atom is -0.493 e. The third kappa shape index (κ3) is 4.27. The van der Waals surface area contributed by atoms with Crippen LogP contribution in [0.5, 0.6) is 11.5 Å². The molecule has 154 valence electrons. The number of anilines is 1. The molecule has 4 rings (SSSR count). The Morgan fingerprint density at radius 1 is 1.13 bits per heavy atom. The molecule has 8 heteroatoms. The minimum atomic E-state index is -0.395. The number of methoxy groups -OCH3 is 2. The number of thiazole rings is 1. The van der Waals surface area contributed by atoms with Crippen LogP contribution in [0.15, 0.2) is 69.3 Å². The Labute approximate surface area is 181 Å². The van der Waals surface area contributed by atoms with E-state index < -0.39 is 5.63 Å². The van der Waals surface area contributed by atoms with Crippen molar-refractivity contribution in [3.05, 3.63) is 75.5 Å². The lowest BCUT2D eigenvalue weighted by atomic mass is 10.1. The predicted molar refractivity (Wildman–Crippen MR) is 120 cm³/mol. The van der Waals surface area contributed by atoms with E-state index in [1.165, 1.54) is 17.4 Å². The van der Waals surface area contributed by atoms with Crippen LogP contribution in [0.1, 0.15) is 5.01 Å². The topological polar surface area (TPSA) is 97.4 Å². The van der Waals surface area contributed by atoms with Gasteiger partial charge in [-0.15, -0.1) is 11.3 Å². The number of nitrogens with one attached hydrogen (secondary N) is 1. The van der Waals surface area contributed by atoms with Crippen molar-refractivity contribution in [2.45, 2.75) is 0 Å². The number of benzene rings is 2. The van der Waals surface area contributed by atoms with Gasteiger partial charge in [0.25, 0.3) is 0 Å². The van der Waals surface area contributed by atoms with E-state index >= 15 is 0 Å². The summed E-state index contributed by atoms with van der Waals surface area (Å²) < 4.78 is 15.8. The van der Waals surface area contributed by atoms with Crippen LogP contribution >= 0.6 is 11.3 Å². The Hall–Kier alpha value is -4.09. The summed E-state index contributed by atoms with van der Waals surface area (Å²) in [5, 5.41) is 16.0. The number of hydrogen-bond acceptors (Lipinski definition) is 8. The molecule has 2 heterocycles. The van der Waals surface area contributed by atoms with Crippen molar-refractivity contribution in [2.24, 2.45) is 0 Å². The highest BCUT2D eigenvalue weighted by Gasteiger charge is 2.12. The van der Waals surface area contributed by atoms with E-state index in [1.54, 1.807) is 38.6 Å². The van der Waals surface area contributed by atoms with Crippen LogP contribution in [-0.2, 0) is 0 Å². The Balaban J connectivity index is 1.58. The molecule has 0 saturated carbocycles. The molecule has 2 aromatic heterocycles. The van der Waals surface area contributed by atoms with Gasteiger partial charge in [-0.1, -0.05) is 0 Å². The first kappa shape index (κ1) is 20.2. The Morgan fingerprint density at radius 2 is 1.97 bits per heavy atom. The van der Waals surface area contributed by atoms with E-state index in [4.69, 9.17) is 13.9 Å². The zero-order chi connectivity index (χ0) is 21.8. The zero-order valence-electron chi connectivity index (χ0n) is 16.7. The second-order valence-electron chi connectivity index (χ2n) is 6.43. The average molecular weight is 431 g/mol. The zero-order valence-corrected chi connectivity index (χ0v) is 17.5. The van der Waals surface area contributed by atoms with Crippen LogP contribution in [0.4, 0.5) is 5.69 Å². The van der Waals surface area contributed by atoms with Gasteiger partial charge in [-0.25, -0.2) is 9.78 Å². The fourth-order valence-corrected chi connectivity index (χ4v) is 3.78. The SMILES string of the molecule is COc1ccc(-c2csc(/C(C#N)=C/Nc3ccc4oc(=O)ccc4c3)n2)cc1OC. The van der Waals surface area contributed by atoms with E-state index in [2.05, 4.69) is 16.4 Å². The lowest BCUT2D eigenvalue weighted by molar-refractivity contribution is 0.355. The van der Waals surface area contributed by atoms with Gasteiger partial charge in [0.15, 0.2) is 11.5 Å². The second kappa shape index (κ2) is 8.73. The van der Waals surface area contributed by atoms with Gasteiger partial charge in [0, 0.05) is 34.3 Å². The van der Waals surface area contributed by atoms with Gasteiger partial charge < -0.3 is 19.2 Å². The molecule has 7 nitrogen and oxygen atoms in total. The van der Waals surface area contributed by atoms with Crippen LogP contribution in [0, 0.1) is 11.3 Å². The normalized spacial score (nSPS) is 11.2. The molecule has 0 bridgehead atoms. The largest absolute Gasteiger partial charge is 0.493 e. The molecule has 0 fully saturated rings. The number of rotatable bonds is 6. The van der Waals surface area contributed by atoms with Crippen LogP contribution in [0.3, 0.4) is 0 Å². The van der Waals surface area contributed by atoms with E-state index in [0.29, 0.717) is 27.7 Å². The summed E-state index contributed by atoms with van der Waals surface area (Å²) in [6.45, 7) is 0. The predicted octanol–water partition coefficient (Wildman–Crippen LogP) is 4.91. The maximum Gasteiger partial charge on any atom is 0.336 e. The number of nitrogens with zero attached hydrogens (tertiary/aromatic N) is 2. The standard InChI is InChI=1S/C23H17N3O4S/c1-28-20-6-3-14(10-21(20)29-2)18-13-31-23(26-18)16(11-24)12-25-17-5-7-19-15(9-17)4-8-22(27)30-19/h3-10,12-13,25H,1-2H3/b16-12+. The van der Waals surface area contributed by atoms with Crippen LogP contribution in [-0.4, -0.2) is 19.2 Å². The first-order valence-corrected chi connectivity index (χ1v) is 10.1. The van der Waals surface area contributed by atoms with Gasteiger partial charge >= 0.3 is 5.63 Å². The summed E-state index contributed by atoms with van der Waals surface area (Å²) >= 11 is 1.38. The first-order valence-electron chi connectivity index (χ1n) is 9.20. The number of fused-ring (bicyclic) bond motifs is 1. The molecule has 0 atom stereocenters. The van der Waals surface area contributed by atoms with Crippen molar-refractivity contribution < 1.29 is 13.9 Å². The summed E-state index contributed by atoms with van der Waals surface area (Å²) in [6.07, 6.45) is 1.61. The quantitative estimate of drug-likeness (QED) is 0.342. The Bertz CT molecular complexity index is 1380. The number of aromatic nitrogens is 1. The third-order valence-electron chi connectivity index (χ3n) is 4.54. The summed E-state index contributed by atoms with van der Waals surface area (Å²) in [5.41, 5.74) is 2.86. The van der Waals surface area contributed by atoms with Gasteiger partial charge in [-0.3, -0.25) is 0 Å². The van der Waals surface area contributed by atoms with Crippen molar-refractivity contribution in [1.29, 1.82) is 5.26 Å². The van der Waals surface area contributed by atoms with Gasteiger partial charge in [-0.2, -0.15) is 5.26 Å². The molecule has 0 aliphatic carbocycles. The summed E-state index contributed by atoms with van der Waals surface area (Å²) in [6, 6.07) is 16.1. The highest BCUT2D eigenvalue weighted by atomic mass is 32.1. The van der Waals surface area contributed by atoms with Crippen molar-refractivity contribution in [3.8, 4) is 28.8 Å². The molecule has 1 N–H and O–H groups in total. The number of allylic oxidation sites excluding steroid dienone is 1. The molecule has 0 aliphatic heterocycles. The number of ether oxygens (including phenoxy) is 2. The van der Waals surface area contributed by atoms with Gasteiger partial charge in [0.2, 0.25) is 0 Å². The molecular weight excluding hydrogens is 414 g/mol. The minimum absolute atomic E-state index is 0.395. The monoisotopic (exact) mass is 431 g/mol. The lowest BCUT2D eigenvalue weighted by Crippen LogP contribution is -1.95. The van der Waals surface area contributed by atoms with Gasteiger partial charge in [-0.05, 0) is 42.5 Å². The highest BCUT2D eigenvalue weighted by Crippen LogP contribution is 2.33. The maximum absolute atomic E-state index is 11.3. The molecule has 0 saturated heterocycles. The third-order valence-corrected chi connectivity index (χ3v) is 5.41. The van der Waals surface area contributed by atoms with Crippen LogP contribution in [0.2, 0.25) is 0 Å². The van der Waals surface area contributed by atoms with Crippen LogP contribution < -0.4 is 20.4 Å². The van der Waals surface area contributed by atoms with Crippen molar-refractivity contribution in [1.82, 2.24) is 4.98 Å². The molecule has 4 aromatic rings. The van der Waals surface area contributed by atoms with E-state index in [1.807, 2.05) is 29.6 Å². The second-order valence-corrected chi connectivity index (χ2v) is 7.29. The highest BCUT2D eigenvalue weighted by molar-refractivity contribution is 7.11. The van der Waals surface area contributed by atoms with E-state index in [0.717, 1.165) is 22.3 Å². The fourth-order valence-electron chi connectivity index (χ4n) is 2.98. The van der Waals surface area contributed by atoms with Crippen molar-refractivity contribution in [3.63, 3.8) is 0 Å². The molecule has 2 aromatic carbocycles. The van der Waals surface area contributed by atoms with Crippen molar-refractivity contribution in [2.75, 3.05) is 19.5 Å². The average Bonchev–Trinajstić information content (AvgIpc) is 3.29. The summed E-state index contributed by atoms with van der Waals surface area (Å²) in [5.74, 6) is 1.25. The first-order chi connectivity index (χ1) is 15.1. The molecule has 0 amide bonds. The Kier molecular flexibility index (Phi) is 5.69.